The fourth-order valence-corrected chi connectivity index (χ4v) is 9.38. The van der Waals surface area contributed by atoms with Gasteiger partial charge in [0.15, 0.2) is 0 Å². The van der Waals surface area contributed by atoms with E-state index in [9.17, 15) is 52.7 Å². The van der Waals surface area contributed by atoms with E-state index in [4.69, 9.17) is 0 Å². The van der Waals surface area contributed by atoms with Gasteiger partial charge in [-0.15, -0.1) is 0 Å². The summed E-state index contributed by atoms with van der Waals surface area (Å²) in [6.07, 6.45) is 5.33. The quantitative estimate of drug-likeness (QED) is 0.195. The molecule has 9 atom stereocenters. The van der Waals surface area contributed by atoms with Crippen molar-refractivity contribution in [3.63, 3.8) is 0 Å². The maximum absolute atomic E-state index is 14.7. The van der Waals surface area contributed by atoms with Gasteiger partial charge >= 0.3 is 0 Å². The molecule has 1 aliphatic rings. The second-order valence-electron chi connectivity index (χ2n) is 24.0. The van der Waals surface area contributed by atoms with E-state index in [1.165, 1.54) is 92.6 Å². The Balaban J connectivity index is 4.03. The van der Waals surface area contributed by atoms with Gasteiger partial charge in [-0.25, -0.2) is 0 Å². The first-order valence-electron chi connectivity index (χ1n) is 28.1. The van der Waals surface area contributed by atoms with Crippen molar-refractivity contribution >= 4 is 65.0 Å². The largest absolute Gasteiger partial charge is 0.345 e. The van der Waals surface area contributed by atoms with Crippen LogP contribution in [0.5, 0.6) is 0 Å². The summed E-state index contributed by atoms with van der Waals surface area (Å²) >= 11 is 0. The molecule has 4 N–H and O–H groups in total. The van der Waals surface area contributed by atoms with Crippen LogP contribution < -0.4 is 21.3 Å². The number of carbonyl (C=O) groups excluding carboxylic acids is 11. The Morgan fingerprint density at radius 1 is 0.430 bits per heavy atom. The number of likely N-dealkylation sites (N-methyl/N-ethyl adjacent to an activating group) is 7. The van der Waals surface area contributed by atoms with Gasteiger partial charge in [0.2, 0.25) is 65.0 Å². The molecule has 0 spiro atoms. The van der Waals surface area contributed by atoms with Crippen LogP contribution in [0.4, 0.5) is 0 Å². The van der Waals surface area contributed by atoms with Gasteiger partial charge in [0, 0.05) is 49.3 Å². The zero-order valence-electron chi connectivity index (χ0n) is 51.7. The molecule has 0 aliphatic carbocycles. The zero-order valence-corrected chi connectivity index (χ0v) is 51.7. The average Bonchev–Trinajstić information content (AvgIpc) is 3.36. The Morgan fingerprint density at radius 3 is 1.29 bits per heavy atom. The summed E-state index contributed by atoms with van der Waals surface area (Å²) in [4.78, 5) is 164. The van der Waals surface area contributed by atoms with E-state index >= 15 is 0 Å². The number of nitrogens with zero attached hydrogens (tertiary/aromatic N) is 7. The van der Waals surface area contributed by atoms with Gasteiger partial charge in [0.25, 0.3) is 0 Å². The second kappa shape index (κ2) is 32.9. The Bertz CT molecular complexity index is 2150. The van der Waals surface area contributed by atoms with E-state index in [1.807, 2.05) is 81.4 Å². The molecular formula is C57H101N11O11. The van der Waals surface area contributed by atoms with E-state index in [0.29, 0.717) is 6.42 Å². The van der Waals surface area contributed by atoms with E-state index in [2.05, 4.69) is 21.3 Å². The first-order chi connectivity index (χ1) is 36.5. The van der Waals surface area contributed by atoms with Crippen molar-refractivity contribution in [1.82, 2.24) is 55.6 Å². The Hall–Kier alpha value is -6.09. The molecule has 0 aromatic heterocycles. The van der Waals surface area contributed by atoms with Crippen LogP contribution in [0, 0.1) is 35.5 Å². The SMILES string of the molecule is C/C=C/C[C@@H](C)C[C@H]1C(=O)NCC(=O)N(C)CC(=O)N(C)[C@@H](CC(C)C)C(=O)NC(C(C)C)C(=O)N(C)[C@@H](CC(C)C)C(=O)N[C@@H](C)C(=O)N[C@H](C)C(=O)N(C)[C@@H](CC(C)C)C(=O)N(C)[C@@H](CC(C)C)C(=O)N(C)CC(=O)N1C. The number of nitrogens with one attached hydrogen (secondary N) is 4. The highest BCUT2D eigenvalue weighted by molar-refractivity contribution is 5.98. The van der Waals surface area contributed by atoms with Crippen LogP contribution in [0.15, 0.2) is 12.2 Å². The van der Waals surface area contributed by atoms with E-state index in [0.717, 1.165) is 4.90 Å². The van der Waals surface area contributed by atoms with Gasteiger partial charge in [-0.05, 0) is 94.8 Å². The molecule has 11 amide bonds. The van der Waals surface area contributed by atoms with Gasteiger partial charge in [0.1, 0.15) is 48.3 Å². The summed E-state index contributed by atoms with van der Waals surface area (Å²) in [6.45, 7) is 23.6. The van der Waals surface area contributed by atoms with Crippen LogP contribution in [0.1, 0.15) is 135 Å². The fourth-order valence-electron chi connectivity index (χ4n) is 9.38. The maximum Gasteiger partial charge on any atom is 0.245 e. The summed E-state index contributed by atoms with van der Waals surface area (Å²) in [7, 11) is 10.0. The van der Waals surface area contributed by atoms with Crippen molar-refractivity contribution in [2.45, 2.75) is 184 Å². The van der Waals surface area contributed by atoms with Crippen molar-refractivity contribution in [3.8, 4) is 0 Å². The molecule has 1 saturated heterocycles. The van der Waals surface area contributed by atoms with E-state index < -0.39 is 139 Å². The number of carbonyl (C=O) groups is 11. The second-order valence-corrected chi connectivity index (χ2v) is 24.0. The van der Waals surface area contributed by atoms with Crippen LogP contribution in [0.2, 0.25) is 0 Å². The van der Waals surface area contributed by atoms with Crippen molar-refractivity contribution in [1.29, 1.82) is 0 Å². The normalized spacial score (nSPS) is 25.6. The number of rotatable bonds is 13. The minimum atomic E-state index is -1.20. The molecule has 1 rings (SSSR count). The molecule has 1 heterocycles. The zero-order chi connectivity index (χ0) is 61.1. The van der Waals surface area contributed by atoms with Crippen molar-refractivity contribution in [2.75, 3.05) is 69.0 Å². The third-order valence-corrected chi connectivity index (χ3v) is 14.5. The molecule has 0 radical (unpaired) electrons. The maximum atomic E-state index is 14.7. The minimum absolute atomic E-state index is 0.105. The van der Waals surface area contributed by atoms with Crippen molar-refractivity contribution in [2.24, 2.45) is 35.5 Å². The average molecular weight is 1120 g/mol. The molecular weight excluding hydrogens is 1010 g/mol. The lowest BCUT2D eigenvalue weighted by atomic mass is 9.96. The van der Waals surface area contributed by atoms with Crippen molar-refractivity contribution in [3.05, 3.63) is 12.2 Å². The third kappa shape index (κ3) is 21.8. The molecule has 22 nitrogen and oxygen atoms in total. The first-order valence-corrected chi connectivity index (χ1v) is 28.1. The number of allylic oxidation sites excluding steroid dienone is 2. The molecule has 0 saturated carbocycles. The van der Waals surface area contributed by atoms with Crippen LogP contribution in [-0.4, -0.2) is 217 Å². The lowest BCUT2D eigenvalue weighted by molar-refractivity contribution is -0.152. The standard InChI is InChI=1S/C57H101N11O11/c1-22-23-24-38(12)29-43-51(73)58-30-46(69)62(15)31-47(70)64(17)41(25-33(2)3)53(75)61-49(37(10)11)57(79)66(19)42(26-34(4)5)52(74)59-39(13)50(72)60-40(14)54(76)67(20)45(28-36(8)9)56(78)68(21)44(27-35(6)7)55(77)63(16)32-48(71)65(43)18/h22-23,33-45,49H,24-32H2,1-21H3,(H,58,73)(H,59,74)(H,60,72)(H,61,75)/b23-22+/t38-,39+,40-,41+,42+,43+,44+,45+,49?/m1/s1. The van der Waals surface area contributed by atoms with Crippen molar-refractivity contribution < 1.29 is 52.7 Å². The highest BCUT2D eigenvalue weighted by atomic mass is 16.2. The Labute approximate surface area is 472 Å². The minimum Gasteiger partial charge on any atom is -0.345 e. The van der Waals surface area contributed by atoms with Crippen LogP contribution in [-0.2, 0) is 52.7 Å². The van der Waals surface area contributed by atoms with E-state index in [-0.39, 0.29) is 61.7 Å². The molecule has 1 unspecified atom stereocenters. The molecule has 79 heavy (non-hydrogen) atoms. The third-order valence-electron chi connectivity index (χ3n) is 14.5. The number of hydrogen-bond donors (Lipinski definition) is 4. The topological polar surface area (TPSA) is 259 Å². The summed E-state index contributed by atoms with van der Waals surface area (Å²) in [6, 6.07) is -9.01. The molecule has 22 heteroatoms. The smallest absolute Gasteiger partial charge is 0.245 e. The van der Waals surface area contributed by atoms with Gasteiger partial charge in [0.05, 0.1) is 19.6 Å². The van der Waals surface area contributed by atoms with Gasteiger partial charge in [-0.3, -0.25) is 52.7 Å². The van der Waals surface area contributed by atoms with Gasteiger partial charge in [-0.1, -0.05) is 88.3 Å². The summed E-state index contributed by atoms with van der Waals surface area (Å²) in [5, 5.41) is 10.9. The molecule has 0 aromatic carbocycles. The van der Waals surface area contributed by atoms with Gasteiger partial charge in [-0.2, -0.15) is 0 Å². The molecule has 450 valence electrons. The first kappa shape index (κ1) is 70.9. The molecule has 0 aromatic rings. The fraction of sp³-hybridized carbons (Fsp3) is 0.772. The molecule has 0 bridgehead atoms. The Morgan fingerprint density at radius 2 is 0.823 bits per heavy atom. The monoisotopic (exact) mass is 1120 g/mol. The van der Waals surface area contributed by atoms with Gasteiger partial charge < -0.3 is 55.6 Å². The summed E-state index contributed by atoms with van der Waals surface area (Å²) in [5.41, 5.74) is 0. The molecule has 1 fully saturated rings. The van der Waals surface area contributed by atoms with Crippen LogP contribution in [0.25, 0.3) is 0 Å². The van der Waals surface area contributed by atoms with Crippen LogP contribution >= 0.6 is 0 Å². The number of hydrogen-bond acceptors (Lipinski definition) is 11. The number of amides is 11. The lowest BCUT2D eigenvalue weighted by Gasteiger charge is -2.38. The Kier molecular flexibility index (Phi) is 29.5. The van der Waals surface area contributed by atoms with Crippen LogP contribution in [0.3, 0.4) is 0 Å². The predicted molar refractivity (Wildman–Crippen MR) is 304 cm³/mol. The highest BCUT2D eigenvalue weighted by Crippen LogP contribution is 2.22. The highest BCUT2D eigenvalue weighted by Gasteiger charge is 2.41. The lowest BCUT2D eigenvalue weighted by Crippen LogP contribution is -2.60. The summed E-state index contributed by atoms with van der Waals surface area (Å²) < 4.78 is 0. The summed E-state index contributed by atoms with van der Waals surface area (Å²) in [5.74, 6) is -7.84. The molecule has 1 aliphatic heterocycles. The van der Waals surface area contributed by atoms with E-state index in [1.54, 1.807) is 13.8 Å². The predicted octanol–water partition coefficient (Wildman–Crippen LogP) is 2.50.